The fourth-order valence-electron chi connectivity index (χ4n) is 0.968. The monoisotopic (exact) mass is 164 g/mol. The molecule has 0 aromatic heterocycles. The summed E-state index contributed by atoms with van der Waals surface area (Å²) < 4.78 is 4.61. The van der Waals surface area contributed by atoms with Crippen molar-refractivity contribution >= 4 is 7.94 Å². The first-order valence-electron chi connectivity index (χ1n) is 3.35. The van der Waals surface area contributed by atoms with Gasteiger partial charge < -0.3 is 0 Å². The van der Waals surface area contributed by atoms with E-state index >= 15 is 0 Å². The third-order valence-electron chi connectivity index (χ3n) is 1.52. The second-order valence-electron chi connectivity index (χ2n) is 2.25. The summed E-state index contributed by atoms with van der Waals surface area (Å²) in [7, 11) is -3.56. The van der Waals surface area contributed by atoms with Gasteiger partial charge in [0.15, 0.2) is 0 Å². The molecule has 1 N–H and O–H groups in total. The van der Waals surface area contributed by atoms with Crippen molar-refractivity contribution in [1.82, 2.24) is 5.32 Å². The van der Waals surface area contributed by atoms with Gasteiger partial charge in [-0.15, -0.1) is 0 Å². The molecule has 0 saturated carbocycles. The first-order valence-corrected chi connectivity index (χ1v) is 4.96. The van der Waals surface area contributed by atoms with E-state index in [1.165, 1.54) is 0 Å². The summed E-state index contributed by atoms with van der Waals surface area (Å²) >= 11 is 0. The van der Waals surface area contributed by atoms with E-state index in [2.05, 4.69) is 9.84 Å². The Kier molecular flexibility index (Phi) is 2.61. The Balaban J connectivity index is 2.51. The smallest absolute Gasteiger partial charge is 0.273 e. The third-order valence-corrected chi connectivity index (χ3v) is 3.38. The predicted octanol–water partition coefficient (Wildman–Crippen LogP) is 0.966. The summed E-state index contributed by atoms with van der Waals surface area (Å²) in [5, 5.41) is 2.86. The maximum Gasteiger partial charge on any atom is 0.515 e. The van der Waals surface area contributed by atoms with Crippen LogP contribution in [-0.4, -0.2) is 18.9 Å². The van der Waals surface area contributed by atoms with Crippen molar-refractivity contribution in [2.75, 3.05) is 13.2 Å². The lowest BCUT2D eigenvalue weighted by atomic mass is 10.4. The van der Waals surface area contributed by atoms with E-state index in [0.717, 1.165) is 0 Å². The van der Waals surface area contributed by atoms with E-state index in [-0.39, 0.29) is 6.61 Å². The minimum atomic E-state index is -3.56. The maximum absolute atomic E-state index is 11.0. The Hall–Kier alpha value is 0.270. The van der Waals surface area contributed by atoms with Crippen molar-refractivity contribution in [3.05, 3.63) is 0 Å². The minimum absolute atomic E-state index is 0.275. The summed E-state index contributed by atoms with van der Waals surface area (Å²) in [6, 6.07) is 0. The van der Waals surface area contributed by atoms with Gasteiger partial charge >= 0.3 is 7.94 Å². The van der Waals surface area contributed by atoms with Gasteiger partial charge in [0.1, 0.15) is 6.61 Å². The normalized spacial score (nSPS) is 32.1. The van der Waals surface area contributed by atoms with Crippen LogP contribution in [0.5, 0.6) is 0 Å². The predicted molar refractivity (Wildman–Crippen MR) is 36.3 cm³/mol. The Bertz CT molecular complexity index is 119. The molecule has 2 radical (unpaired) electrons. The van der Waals surface area contributed by atoms with Crippen LogP contribution in [0.3, 0.4) is 0 Å². The Morgan fingerprint density at radius 1 is 1.70 bits per heavy atom. The number of hydrogen-bond acceptors (Lipinski definition) is 2. The molecule has 0 aromatic carbocycles. The number of hydrogen-bond donors (Lipinski definition) is 1. The Labute approximate surface area is 60.8 Å². The van der Waals surface area contributed by atoms with E-state index in [1.54, 1.807) is 0 Å². The molecule has 1 rings (SSSR count). The molecule has 1 aliphatic rings. The van der Waals surface area contributed by atoms with Crippen molar-refractivity contribution in [2.45, 2.75) is 19.1 Å². The first kappa shape index (κ1) is 8.37. The average molecular weight is 164 g/mol. The minimum Gasteiger partial charge on any atom is -0.273 e. The third kappa shape index (κ3) is 1.65. The van der Waals surface area contributed by atoms with E-state index in [4.69, 9.17) is 0 Å². The average Bonchev–Trinajstić information content (AvgIpc) is 1.87. The Morgan fingerprint density at radius 3 is 2.80 bits per heavy atom. The van der Waals surface area contributed by atoms with Crippen LogP contribution < -0.4 is 5.32 Å². The molecule has 0 spiro atoms. The zero-order valence-electron chi connectivity index (χ0n) is 5.87. The fraction of sp³-hybridized carbons (Fsp3) is 1.00. The van der Waals surface area contributed by atoms with Crippen molar-refractivity contribution in [3.8, 4) is 0 Å². The lowest BCUT2D eigenvalue weighted by Gasteiger charge is -2.21. The van der Waals surface area contributed by atoms with Crippen LogP contribution in [0.1, 0.15) is 13.3 Å². The molecule has 1 saturated heterocycles. The van der Waals surface area contributed by atoms with Crippen molar-refractivity contribution in [1.29, 1.82) is 0 Å². The molecule has 0 aliphatic carbocycles. The van der Waals surface area contributed by atoms with Crippen molar-refractivity contribution in [2.24, 2.45) is 0 Å². The molecule has 1 atom stereocenters. The van der Waals surface area contributed by atoms with Crippen LogP contribution in [0.2, 0.25) is 0 Å². The number of rotatable bonds is 1. The first-order chi connectivity index (χ1) is 4.67. The van der Waals surface area contributed by atoms with Gasteiger partial charge in [0, 0.05) is 22.8 Å². The summed E-state index contributed by atoms with van der Waals surface area (Å²) in [6.45, 7) is 2.72. The Morgan fingerprint density at radius 2 is 2.40 bits per heavy atom. The van der Waals surface area contributed by atoms with Gasteiger partial charge in [0.05, 0.1) is 0 Å². The highest BCUT2D eigenvalue weighted by molar-refractivity contribution is 7.59. The van der Waals surface area contributed by atoms with Crippen LogP contribution in [0.4, 0.5) is 0 Å². The molecular weight excluding hydrogens is 153 g/mol. The second kappa shape index (κ2) is 3.11. The van der Waals surface area contributed by atoms with Gasteiger partial charge in [0.2, 0.25) is 5.78 Å². The zero-order valence-corrected chi connectivity index (χ0v) is 6.77. The molecule has 58 valence electrons. The quantitative estimate of drug-likeness (QED) is 0.587. The number of nitrogens with one attached hydrogen (secondary N) is 1. The highest BCUT2D eigenvalue weighted by Gasteiger charge is 2.53. The van der Waals surface area contributed by atoms with E-state index < -0.39 is 13.7 Å². The van der Waals surface area contributed by atoms with E-state index in [1.807, 2.05) is 6.92 Å². The lowest BCUT2D eigenvalue weighted by Crippen LogP contribution is -2.38. The van der Waals surface area contributed by atoms with Crippen molar-refractivity contribution in [3.63, 3.8) is 0 Å². The summed E-state index contributed by atoms with van der Waals surface area (Å²) in [5.74, 6) is -0.471. The summed E-state index contributed by atoms with van der Waals surface area (Å²) in [5.41, 5.74) is 0. The molecular formula is C5H11NO3P+. The van der Waals surface area contributed by atoms with Crippen LogP contribution in [-0.2, 0) is 14.3 Å². The summed E-state index contributed by atoms with van der Waals surface area (Å²) in [6.07, 6.45) is 0.570. The zero-order chi connectivity index (χ0) is 7.61. The van der Waals surface area contributed by atoms with E-state index in [0.29, 0.717) is 13.0 Å². The fourth-order valence-corrected chi connectivity index (χ4v) is 2.29. The molecule has 0 bridgehead atoms. The van der Waals surface area contributed by atoms with Gasteiger partial charge in [-0.05, 0) is 0 Å². The van der Waals surface area contributed by atoms with Crippen molar-refractivity contribution < 1.29 is 14.3 Å². The summed E-state index contributed by atoms with van der Waals surface area (Å²) in [4.78, 5) is 21.9. The van der Waals surface area contributed by atoms with Crippen LogP contribution in [0.25, 0.3) is 0 Å². The van der Waals surface area contributed by atoms with Crippen LogP contribution in [0.15, 0.2) is 0 Å². The molecule has 1 heterocycles. The molecule has 1 aliphatic heterocycles. The maximum atomic E-state index is 11.0. The highest BCUT2D eigenvalue weighted by atomic mass is 31.2. The van der Waals surface area contributed by atoms with Gasteiger partial charge in [-0.25, -0.2) is 0 Å². The highest BCUT2D eigenvalue weighted by Crippen LogP contribution is 2.59. The second-order valence-corrected chi connectivity index (χ2v) is 4.21. The molecule has 5 heteroatoms. The molecule has 0 aromatic rings. The SMILES string of the molecule is CCC1NCCO[P+]1([O])[O]. The molecule has 1 unspecified atom stereocenters. The van der Waals surface area contributed by atoms with Gasteiger partial charge in [-0.2, -0.15) is 4.52 Å². The molecule has 10 heavy (non-hydrogen) atoms. The van der Waals surface area contributed by atoms with E-state index in [9.17, 15) is 9.79 Å². The van der Waals surface area contributed by atoms with Crippen LogP contribution in [0, 0.1) is 0 Å². The van der Waals surface area contributed by atoms with Crippen LogP contribution >= 0.6 is 7.94 Å². The topological polar surface area (TPSA) is 61.1 Å². The standard InChI is InChI=1S/C5H11NO3P/c1-2-5-6-3-4-9-10(5,7)8/h5-6H,2-4H2,1H3/q+1. The van der Waals surface area contributed by atoms with Gasteiger partial charge in [-0.3, -0.25) is 5.32 Å². The van der Waals surface area contributed by atoms with Gasteiger partial charge in [0.25, 0.3) is 0 Å². The molecule has 4 nitrogen and oxygen atoms in total. The lowest BCUT2D eigenvalue weighted by molar-refractivity contribution is 0.140. The van der Waals surface area contributed by atoms with Gasteiger partial charge in [-0.1, -0.05) is 6.92 Å². The molecule has 0 amide bonds. The molecule has 1 fully saturated rings. The largest absolute Gasteiger partial charge is 0.515 e.